The van der Waals surface area contributed by atoms with Crippen molar-refractivity contribution in [2.45, 2.75) is 106 Å². The van der Waals surface area contributed by atoms with Crippen LogP contribution < -0.4 is 0 Å². The molecule has 0 bridgehead atoms. The standard InChI is InChI=1S/C28H48/c1-19(2)8-7-9-21(4)24-14-15-25-23-13-12-22-11-10-20(3)18-28(22,6)26(23)16-17-27(24,25)5/h10-11,19-26H,7-9,12-18H2,1-6H3/t20?,21-,22?,23+,24-,25+,26+,27-,28+/m1/s1. The van der Waals surface area contributed by atoms with Gasteiger partial charge in [0.15, 0.2) is 0 Å². The second kappa shape index (κ2) is 7.77. The Morgan fingerprint density at radius 1 is 0.857 bits per heavy atom. The fraction of sp³-hybridized carbons (Fsp3) is 0.929. The molecule has 0 aromatic heterocycles. The van der Waals surface area contributed by atoms with Gasteiger partial charge in [0.05, 0.1) is 0 Å². The van der Waals surface area contributed by atoms with E-state index in [1.807, 2.05) is 0 Å². The van der Waals surface area contributed by atoms with Crippen molar-refractivity contribution in [3.63, 3.8) is 0 Å². The van der Waals surface area contributed by atoms with E-state index in [-0.39, 0.29) is 0 Å². The minimum Gasteiger partial charge on any atom is -0.0854 e. The van der Waals surface area contributed by atoms with Crippen molar-refractivity contribution in [1.29, 1.82) is 0 Å². The number of hydrogen-bond donors (Lipinski definition) is 0. The van der Waals surface area contributed by atoms with E-state index in [4.69, 9.17) is 0 Å². The van der Waals surface area contributed by atoms with Gasteiger partial charge in [-0.3, -0.25) is 0 Å². The second-order valence-electron chi connectivity index (χ2n) is 12.7. The molecule has 28 heavy (non-hydrogen) atoms. The summed E-state index contributed by atoms with van der Waals surface area (Å²) in [6, 6.07) is 0. The smallest absolute Gasteiger partial charge is 0.0176 e. The maximum Gasteiger partial charge on any atom is -0.0176 e. The lowest BCUT2D eigenvalue weighted by Crippen LogP contribution is -2.53. The number of rotatable bonds is 5. The van der Waals surface area contributed by atoms with Crippen LogP contribution in [0.5, 0.6) is 0 Å². The monoisotopic (exact) mass is 384 g/mol. The van der Waals surface area contributed by atoms with Crippen molar-refractivity contribution < 1.29 is 0 Å². The van der Waals surface area contributed by atoms with Crippen LogP contribution in [0.3, 0.4) is 0 Å². The van der Waals surface area contributed by atoms with Gasteiger partial charge in [-0.2, -0.15) is 0 Å². The first kappa shape index (κ1) is 21.0. The first-order valence-corrected chi connectivity index (χ1v) is 12.9. The first-order chi connectivity index (χ1) is 13.3. The van der Waals surface area contributed by atoms with Gasteiger partial charge in [0.2, 0.25) is 0 Å². The molecule has 4 rings (SSSR count). The Balaban J connectivity index is 1.48. The SMILES string of the molecule is CC(C)CCC[C@@H](C)[C@H]1CC[C@H]2[C@@H]3CCC4C=CC(C)C[C@]4(C)[C@H]3CC[C@]12C. The van der Waals surface area contributed by atoms with Gasteiger partial charge in [-0.15, -0.1) is 0 Å². The van der Waals surface area contributed by atoms with Crippen LogP contribution in [0.15, 0.2) is 12.2 Å². The van der Waals surface area contributed by atoms with Crippen LogP contribution in [0.25, 0.3) is 0 Å². The molecule has 0 aromatic rings. The van der Waals surface area contributed by atoms with Crippen LogP contribution in [0.2, 0.25) is 0 Å². The Hall–Kier alpha value is -0.260. The first-order valence-electron chi connectivity index (χ1n) is 12.9. The molecular formula is C28H48. The maximum absolute atomic E-state index is 2.74. The average molecular weight is 385 g/mol. The lowest BCUT2D eigenvalue weighted by Gasteiger charge is -2.60. The number of fused-ring (bicyclic) bond motifs is 5. The molecule has 9 atom stereocenters. The molecule has 0 radical (unpaired) electrons. The van der Waals surface area contributed by atoms with Crippen molar-refractivity contribution in [2.75, 3.05) is 0 Å². The van der Waals surface area contributed by atoms with Gasteiger partial charge in [0, 0.05) is 0 Å². The Labute approximate surface area is 176 Å². The summed E-state index contributed by atoms with van der Waals surface area (Å²) < 4.78 is 0. The van der Waals surface area contributed by atoms with Crippen LogP contribution in [-0.2, 0) is 0 Å². The van der Waals surface area contributed by atoms with Gasteiger partial charge in [-0.1, -0.05) is 73.0 Å². The summed E-state index contributed by atoms with van der Waals surface area (Å²) in [4.78, 5) is 0. The van der Waals surface area contributed by atoms with Gasteiger partial charge in [-0.05, 0) is 103 Å². The molecule has 0 heteroatoms. The van der Waals surface area contributed by atoms with Gasteiger partial charge >= 0.3 is 0 Å². The van der Waals surface area contributed by atoms with E-state index in [1.165, 1.54) is 57.8 Å². The summed E-state index contributed by atoms with van der Waals surface area (Å²) in [5.41, 5.74) is 1.25. The van der Waals surface area contributed by atoms with Gasteiger partial charge < -0.3 is 0 Å². The van der Waals surface area contributed by atoms with Crippen molar-refractivity contribution in [2.24, 2.45) is 58.2 Å². The summed E-state index contributed by atoms with van der Waals surface area (Å²) >= 11 is 0. The van der Waals surface area contributed by atoms with Crippen molar-refractivity contribution in [3.05, 3.63) is 12.2 Å². The molecule has 160 valence electrons. The summed E-state index contributed by atoms with van der Waals surface area (Å²) in [6.07, 6.45) is 20.1. The van der Waals surface area contributed by atoms with Crippen LogP contribution in [0.1, 0.15) is 106 Å². The minimum atomic E-state index is 0.597. The molecule has 0 N–H and O–H groups in total. The van der Waals surface area contributed by atoms with Crippen molar-refractivity contribution in [1.82, 2.24) is 0 Å². The van der Waals surface area contributed by atoms with E-state index in [1.54, 1.807) is 6.42 Å². The van der Waals surface area contributed by atoms with Gasteiger partial charge in [0.25, 0.3) is 0 Å². The maximum atomic E-state index is 2.74. The van der Waals surface area contributed by atoms with E-state index in [9.17, 15) is 0 Å². The van der Waals surface area contributed by atoms with Crippen LogP contribution in [-0.4, -0.2) is 0 Å². The van der Waals surface area contributed by atoms with E-state index >= 15 is 0 Å². The third-order valence-corrected chi connectivity index (χ3v) is 10.6. The lowest BCUT2D eigenvalue weighted by atomic mass is 9.44. The van der Waals surface area contributed by atoms with E-state index in [0.717, 1.165) is 47.3 Å². The fourth-order valence-corrected chi connectivity index (χ4v) is 9.21. The molecule has 0 nitrogen and oxygen atoms in total. The largest absolute Gasteiger partial charge is 0.0854 e. The zero-order valence-electron chi connectivity index (χ0n) is 19.8. The third-order valence-electron chi connectivity index (χ3n) is 10.6. The van der Waals surface area contributed by atoms with Crippen LogP contribution in [0, 0.1) is 58.2 Å². The summed E-state index contributed by atoms with van der Waals surface area (Å²) in [6.45, 7) is 15.3. The molecule has 3 fully saturated rings. The molecular weight excluding hydrogens is 336 g/mol. The quantitative estimate of drug-likeness (QED) is 0.417. The molecule has 4 aliphatic rings. The fourth-order valence-electron chi connectivity index (χ4n) is 9.21. The van der Waals surface area contributed by atoms with Crippen molar-refractivity contribution >= 4 is 0 Å². The van der Waals surface area contributed by atoms with Crippen molar-refractivity contribution in [3.8, 4) is 0 Å². The zero-order chi connectivity index (χ0) is 20.1. The Morgan fingerprint density at radius 3 is 2.36 bits per heavy atom. The third kappa shape index (κ3) is 3.43. The van der Waals surface area contributed by atoms with Crippen LogP contribution in [0.4, 0.5) is 0 Å². The molecule has 0 heterocycles. The molecule has 0 spiro atoms. The highest BCUT2D eigenvalue weighted by Gasteiger charge is 2.60. The van der Waals surface area contributed by atoms with Gasteiger partial charge in [-0.25, -0.2) is 0 Å². The molecule has 0 aromatic carbocycles. The summed E-state index contributed by atoms with van der Waals surface area (Å²) in [5, 5.41) is 0. The van der Waals surface area contributed by atoms with Gasteiger partial charge in [0.1, 0.15) is 0 Å². The molecule has 3 saturated carbocycles. The molecule has 2 unspecified atom stereocenters. The average Bonchev–Trinajstić information content (AvgIpc) is 2.98. The minimum absolute atomic E-state index is 0.597. The number of allylic oxidation sites excluding steroid dienone is 2. The molecule has 4 aliphatic carbocycles. The summed E-state index contributed by atoms with van der Waals surface area (Å²) in [7, 11) is 0. The Bertz CT molecular complexity index is 573. The molecule has 0 amide bonds. The normalized spacial score (nSPS) is 48.8. The van der Waals surface area contributed by atoms with E-state index in [0.29, 0.717) is 10.8 Å². The predicted molar refractivity (Wildman–Crippen MR) is 122 cm³/mol. The zero-order valence-corrected chi connectivity index (χ0v) is 19.8. The van der Waals surface area contributed by atoms with E-state index < -0.39 is 0 Å². The number of hydrogen-bond acceptors (Lipinski definition) is 0. The predicted octanol–water partition coefficient (Wildman–Crippen LogP) is 8.52. The topological polar surface area (TPSA) is 0 Å². The Kier molecular flexibility index (Phi) is 5.83. The van der Waals surface area contributed by atoms with E-state index in [2.05, 4.69) is 53.7 Å². The van der Waals surface area contributed by atoms with Crippen LogP contribution >= 0.6 is 0 Å². The molecule has 0 aliphatic heterocycles. The lowest BCUT2D eigenvalue weighted by molar-refractivity contribution is -0.0994. The summed E-state index contributed by atoms with van der Waals surface area (Å²) in [5.74, 6) is 7.56. The Morgan fingerprint density at radius 2 is 1.61 bits per heavy atom. The highest BCUT2D eigenvalue weighted by molar-refractivity contribution is 5.14. The highest BCUT2D eigenvalue weighted by atomic mass is 14.6. The second-order valence-corrected chi connectivity index (χ2v) is 12.7. The molecule has 0 saturated heterocycles. The highest BCUT2D eigenvalue weighted by Crippen LogP contribution is 2.68.